The molecule has 0 saturated heterocycles. The lowest BCUT2D eigenvalue weighted by Gasteiger charge is -1.95. The van der Waals surface area contributed by atoms with Crippen LogP contribution in [0.4, 0.5) is 11.5 Å². The highest BCUT2D eigenvalue weighted by molar-refractivity contribution is 5.61. The Balaban J connectivity index is 2.52. The van der Waals surface area contributed by atoms with E-state index in [0.29, 0.717) is 12.5 Å². The van der Waals surface area contributed by atoms with Crippen LogP contribution in [0, 0.1) is 0 Å². The minimum Gasteiger partial charge on any atom is -0.470 e. The van der Waals surface area contributed by atoms with Gasteiger partial charge in [0.2, 0.25) is 0 Å². The molecule has 0 bridgehead atoms. The molecule has 1 aromatic heterocycles. The summed E-state index contributed by atoms with van der Waals surface area (Å²) in [5.41, 5.74) is 6.35. The number of nitrogens with two attached hydrogens (primary N) is 1. The number of nitrogens with one attached hydrogen (secondary N) is 1. The second kappa shape index (κ2) is 1.76. The molecule has 10 heavy (non-hydrogen) atoms. The Labute approximate surface area is 58.0 Å². The molecule has 0 aliphatic carbocycles. The van der Waals surface area contributed by atoms with E-state index in [1.807, 2.05) is 0 Å². The van der Waals surface area contributed by atoms with Crippen LogP contribution in [0.1, 0.15) is 0 Å². The lowest BCUT2D eigenvalue weighted by molar-refractivity contribution is 0.371. The Bertz CT molecular complexity index is 261. The van der Waals surface area contributed by atoms with E-state index in [4.69, 9.17) is 10.5 Å². The molecule has 52 valence electrons. The Morgan fingerprint density at radius 1 is 1.70 bits per heavy atom. The van der Waals surface area contributed by atoms with Crippen molar-refractivity contribution in [2.24, 2.45) is 0 Å². The molecule has 1 aromatic rings. The summed E-state index contributed by atoms with van der Waals surface area (Å²) in [6.45, 7) is 0.514. The number of pyridine rings is 1. The molecule has 0 spiro atoms. The molecule has 0 atom stereocenters. The molecule has 0 radical (unpaired) electrons. The zero-order chi connectivity index (χ0) is 6.97. The van der Waals surface area contributed by atoms with Crippen molar-refractivity contribution in [2.75, 3.05) is 17.8 Å². The fourth-order valence-electron chi connectivity index (χ4n) is 0.904. The van der Waals surface area contributed by atoms with Gasteiger partial charge in [0.05, 0.1) is 11.9 Å². The normalized spacial score (nSPS) is 13.6. The van der Waals surface area contributed by atoms with Crippen LogP contribution in [0.3, 0.4) is 0 Å². The largest absolute Gasteiger partial charge is 0.470 e. The van der Waals surface area contributed by atoms with E-state index >= 15 is 0 Å². The number of anilines is 2. The van der Waals surface area contributed by atoms with Gasteiger partial charge in [-0.3, -0.25) is 0 Å². The van der Waals surface area contributed by atoms with Crippen molar-refractivity contribution in [3.8, 4) is 5.75 Å². The zero-order valence-electron chi connectivity index (χ0n) is 5.29. The third kappa shape index (κ3) is 0.655. The fourth-order valence-corrected chi connectivity index (χ4v) is 0.904. The lowest BCUT2D eigenvalue weighted by Crippen LogP contribution is -1.96. The summed E-state index contributed by atoms with van der Waals surface area (Å²) in [4.78, 5) is 3.86. The van der Waals surface area contributed by atoms with Crippen LogP contribution < -0.4 is 15.8 Å². The first-order valence-electron chi connectivity index (χ1n) is 2.98. The van der Waals surface area contributed by atoms with E-state index in [9.17, 15) is 0 Å². The predicted molar refractivity (Wildman–Crippen MR) is 37.8 cm³/mol. The maximum absolute atomic E-state index is 5.42. The maximum atomic E-state index is 5.42. The Morgan fingerprint density at radius 2 is 2.60 bits per heavy atom. The molecule has 2 rings (SSSR count). The first-order valence-corrected chi connectivity index (χ1v) is 2.98. The van der Waals surface area contributed by atoms with Crippen LogP contribution in [0.25, 0.3) is 0 Å². The Morgan fingerprint density at radius 3 is 3.50 bits per heavy atom. The van der Waals surface area contributed by atoms with Gasteiger partial charge < -0.3 is 15.8 Å². The van der Waals surface area contributed by atoms with Crippen molar-refractivity contribution in [1.82, 2.24) is 4.98 Å². The van der Waals surface area contributed by atoms with E-state index in [2.05, 4.69) is 10.3 Å². The van der Waals surface area contributed by atoms with Crippen LogP contribution in [0.5, 0.6) is 5.75 Å². The van der Waals surface area contributed by atoms with Crippen molar-refractivity contribution in [3.63, 3.8) is 0 Å². The van der Waals surface area contributed by atoms with Crippen LogP contribution in [0.2, 0.25) is 0 Å². The van der Waals surface area contributed by atoms with Gasteiger partial charge >= 0.3 is 0 Å². The van der Waals surface area contributed by atoms with E-state index in [0.717, 1.165) is 11.4 Å². The molecular weight excluding hydrogens is 130 g/mol. The summed E-state index contributed by atoms with van der Waals surface area (Å²) in [5, 5.41) is 3.00. The average molecular weight is 137 g/mol. The monoisotopic (exact) mass is 137 g/mol. The van der Waals surface area contributed by atoms with Crippen molar-refractivity contribution < 1.29 is 4.74 Å². The molecule has 1 aliphatic rings. The van der Waals surface area contributed by atoms with Gasteiger partial charge in [-0.15, -0.1) is 0 Å². The van der Waals surface area contributed by atoms with Crippen molar-refractivity contribution in [3.05, 3.63) is 12.3 Å². The first kappa shape index (κ1) is 5.34. The second-order valence-electron chi connectivity index (χ2n) is 2.07. The van der Waals surface area contributed by atoms with Gasteiger partial charge in [-0.05, 0) is 0 Å². The lowest BCUT2D eigenvalue weighted by atomic mass is 10.4. The van der Waals surface area contributed by atoms with Crippen molar-refractivity contribution in [2.45, 2.75) is 0 Å². The van der Waals surface area contributed by atoms with Crippen LogP contribution in [0.15, 0.2) is 12.3 Å². The minimum atomic E-state index is 0.511. The molecule has 0 aromatic carbocycles. The van der Waals surface area contributed by atoms with Gasteiger partial charge in [-0.1, -0.05) is 0 Å². The SMILES string of the molecule is Nc1cc2c(cn1)OCN2. The third-order valence-corrected chi connectivity index (χ3v) is 1.38. The summed E-state index contributed by atoms with van der Waals surface area (Å²) >= 11 is 0. The van der Waals surface area contributed by atoms with Crippen molar-refractivity contribution >= 4 is 11.5 Å². The van der Waals surface area contributed by atoms with Crippen LogP contribution in [-0.2, 0) is 0 Å². The molecule has 0 unspecified atom stereocenters. The highest BCUT2D eigenvalue weighted by Crippen LogP contribution is 2.28. The Hall–Kier alpha value is -1.45. The van der Waals surface area contributed by atoms with E-state index in [-0.39, 0.29) is 0 Å². The average Bonchev–Trinajstić information content (AvgIpc) is 2.33. The third-order valence-electron chi connectivity index (χ3n) is 1.38. The number of aromatic nitrogens is 1. The topological polar surface area (TPSA) is 60.2 Å². The number of nitrogen functional groups attached to an aromatic ring is 1. The zero-order valence-corrected chi connectivity index (χ0v) is 5.29. The number of ether oxygens (including phenoxy) is 1. The summed E-state index contributed by atoms with van der Waals surface area (Å²) in [5.74, 6) is 1.28. The van der Waals surface area contributed by atoms with E-state index < -0.39 is 0 Å². The van der Waals surface area contributed by atoms with E-state index in [1.54, 1.807) is 12.3 Å². The van der Waals surface area contributed by atoms with Gasteiger partial charge in [0, 0.05) is 6.07 Å². The van der Waals surface area contributed by atoms with Gasteiger partial charge in [0.15, 0.2) is 12.5 Å². The fraction of sp³-hybridized carbons (Fsp3) is 0.167. The first-order chi connectivity index (χ1) is 4.86. The summed E-state index contributed by atoms with van der Waals surface area (Å²) < 4.78 is 5.12. The molecule has 0 saturated carbocycles. The minimum absolute atomic E-state index is 0.511. The van der Waals surface area contributed by atoms with Gasteiger partial charge in [0.1, 0.15) is 5.82 Å². The van der Waals surface area contributed by atoms with Crippen LogP contribution in [-0.4, -0.2) is 11.7 Å². The van der Waals surface area contributed by atoms with Crippen LogP contribution >= 0.6 is 0 Å². The summed E-state index contributed by atoms with van der Waals surface area (Å²) in [6.07, 6.45) is 1.62. The molecule has 0 fully saturated rings. The predicted octanol–water partition coefficient (Wildman–Crippen LogP) is 0.426. The van der Waals surface area contributed by atoms with Gasteiger partial charge in [0.25, 0.3) is 0 Å². The molecule has 4 nitrogen and oxygen atoms in total. The molecule has 4 heteroatoms. The van der Waals surface area contributed by atoms with E-state index in [1.165, 1.54) is 0 Å². The smallest absolute Gasteiger partial charge is 0.163 e. The molecule has 0 amide bonds. The number of nitrogens with zero attached hydrogens (tertiary/aromatic N) is 1. The molecule has 2 heterocycles. The van der Waals surface area contributed by atoms with Gasteiger partial charge in [-0.25, -0.2) is 4.98 Å². The molecule has 3 N–H and O–H groups in total. The summed E-state index contributed by atoms with van der Waals surface area (Å²) in [7, 11) is 0. The van der Waals surface area contributed by atoms with Gasteiger partial charge in [-0.2, -0.15) is 0 Å². The number of fused-ring (bicyclic) bond motifs is 1. The number of hydrogen-bond acceptors (Lipinski definition) is 4. The molecular formula is C6H7N3O. The number of hydrogen-bond donors (Lipinski definition) is 2. The highest BCUT2D eigenvalue weighted by Gasteiger charge is 2.10. The molecule has 1 aliphatic heterocycles. The maximum Gasteiger partial charge on any atom is 0.163 e. The van der Waals surface area contributed by atoms with Crippen molar-refractivity contribution in [1.29, 1.82) is 0 Å². The second-order valence-corrected chi connectivity index (χ2v) is 2.07. The standard InChI is InChI=1S/C6H7N3O/c7-6-1-4-5(2-8-6)10-3-9-4/h1-2,9H,3H2,(H2,7,8). The Kier molecular flexibility index (Phi) is 0.943. The number of rotatable bonds is 0. The quantitative estimate of drug-likeness (QED) is 0.544. The highest BCUT2D eigenvalue weighted by atomic mass is 16.5. The summed E-state index contributed by atoms with van der Waals surface area (Å²) in [6, 6.07) is 1.75.